The highest BCUT2D eigenvalue weighted by Crippen LogP contribution is 2.20. The van der Waals surface area contributed by atoms with Crippen molar-refractivity contribution in [3.8, 4) is 0 Å². The van der Waals surface area contributed by atoms with Gasteiger partial charge in [0.05, 0.1) is 12.2 Å². The maximum absolute atomic E-state index is 13.3. The highest BCUT2D eigenvalue weighted by atomic mass is 35.7. The number of carbonyl (C=O) groups is 1. The maximum Gasteiger partial charge on any atom is 0.338 e. The number of benzene rings is 1. The normalized spacial score (nSPS) is 11.3. The molecule has 4 nitrogen and oxygen atoms in total. The zero-order valence-corrected chi connectivity index (χ0v) is 12.6. The third-order valence-electron chi connectivity index (χ3n) is 2.66. The molecule has 0 radical (unpaired) electrons. The van der Waals surface area contributed by atoms with Gasteiger partial charge in [-0.25, -0.2) is 17.6 Å². The summed E-state index contributed by atoms with van der Waals surface area (Å²) in [6, 6.07) is 2.92. The summed E-state index contributed by atoms with van der Waals surface area (Å²) < 4.78 is 40.6. The second kappa shape index (κ2) is 7.59. The van der Waals surface area contributed by atoms with Crippen molar-refractivity contribution in [1.82, 2.24) is 0 Å². The first-order valence-electron chi connectivity index (χ1n) is 6.27. The van der Waals surface area contributed by atoms with Crippen LogP contribution in [0.15, 0.2) is 23.1 Å². The predicted octanol–water partition coefficient (Wildman–Crippen LogP) is 3.49. The molecule has 7 heteroatoms. The number of unbranched alkanes of at least 4 members (excludes halogenated alkanes) is 3. The summed E-state index contributed by atoms with van der Waals surface area (Å²) in [6.45, 7) is 2.32. The molecule has 0 aromatic heterocycles. The molecule has 0 spiro atoms. The third-order valence-corrected chi connectivity index (χ3v) is 4.00. The van der Waals surface area contributed by atoms with E-state index in [-0.39, 0.29) is 12.2 Å². The van der Waals surface area contributed by atoms with E-state index >= 15 is 0 Å². The molecule has 112 valence electrons. The SMILES string of the molecule is CCCCCCOC(=O)c1ccc(F)c(S(=O)(=O)Cl)c1. The Bertz CT molecular complexity index is 572. The van der Waals surface area contributed by atoms with Gasteiger partial charge in [-0.1, -0.05) is 26.2 Å². The van der Waals surface area contributed by atoms with Crippen molar-refractivity contribution in [2.75, 3.05) is 6.61 Å². The van der Waals surface area contributed by atoms with Crippen molar-refractivity contribution in [3.63, 3.8) is 0 Å². The van der Waals surface area contributed by atoms with Crippen LogP contribution in [0.5, 0.6) is 0 Å². The van der Waals surface area contributed by atoms with E-state index in [1.54, 1.807) is 0 Å². The summed E-state index contributed by atoms with van der Waals surface area (Å²) in [4.78, 5) is 11.0. The quantitative estimate of drug-likeness (QED) is 0.438. The standard InChI is InChI=1S/C13H16ClFO4S/c1-2-3-4-5-8-19-13(16)10-6-7-11(15)12(9-10)20(14,17)18/h6-7,9H,2-5,8H2,1H3. The topological polar surface area (TPSA) is 60.4 Å². The van der Waals surface area contributed by atoms with Crippen LogP contribution >= 0.6 is 10.7 Å². The lowest BCUT2D eigenvalue weighted by atomic mass is 10.2. The number of ether oxygens (including phenoxy) is 1. The summed E-state index contributed by atoms with van der Waals surface area (Å²) in [5, 5.41) is 0. The van der Waals surface area contributed by atoms with E-state index in [1.807, 2.05) is 0 Å². The lowest BCUT2D eigenvalue weighted by molar-refractivity contribution is 0.0497. The van der Waals surface area contributed by atoms with Crippen LogP contribution in [0.25, 0.3) is 0 Å². The van der Waals surface area contributed by atoms with E-state index < -0.39 is 25.7 Å². The van der Waals surface area contributed by atoms with Crippen LogP contribution < -0.4 is 0 Å². The van der Waals surface area contributed by atoms with Crippen molar-refractivity contribution in [2.24, 2.45) is 0 Å². The molecule has 1 aromatic carbocycles. The molecule has 0 atom stereocenters. The Hall–Kier alpha value is -1.14. The first kappa shape index (κ1) is 16.9. The molecule has 1 rings (SSSR count). The minimum absolute atomic E-state index is 0.0406. The third kappa shape index (κ3) is 5.09. The summed E-state index contributed by atoms with van der Waals surface area (Å²) in [7, 11) is 0.850. The molecule has 0 amide bonds. The Balaban J connectivity index is 2.70. The number of esters is 1. The van der Waals surface area contributed by atoms with Crippen molar-refractivity contribution in [1.29, 1.82) is 0 Å². The molecule has 0 saturated heterocycles. The zero-order valence-electron chi connectivity index (χ0n) is 11.1. The largest absolute Gasteiger partial charge is 0.462 e. The summed E-state index contributed by atoms with van der Waals surface area (Å²) >= 11 is 0. The van der Waals surface area contributed by atoms with E-state index in [9.17, 15) is 17.6 Å². The van der Waals surface area contributed by atoms with Gasteiger partial charge in [0.15, 0.2) is 0 Å². The minimum atomic E-state index is -4.23. The Kier molecular flexibility index (Phi) is 6.42. The van der Waals surface area contributed by atoms with Gasteiger partial charge >= 0.3 is 5.97 Å². The molecule has 0 aliphatic rings. The second-order valence-electron chi connectivity index (χ2n) is 4.28. The van der Waals surface area contributed by atoms with Gasteiger partial charge in [-0.2, -0.15) is 0 Å². The lowest BCUT2D eigenvalue weighted by Crippen LogP contribution is -2.08. The van der Waals surface area contributed by atoms with E-state index in [4.69, 9.17) is 15.4 Å². The number of hydrogen-bond donors (Lipinski definition) is 0. The van der Waals surface area contributed by atoms with E-state index in [0.29, 0.717) is 0 Å². The van der Waals surface area contributed by atoms with Gasteiger partial charge in [0.2, 0.25) is 0 Å². The first-order chi connectivity index (χ1) is 9.36. The van der Waals surface area contributed by atoms with Crippen LogP contribution in [0.1, 0.15) is 43.0 Å². The molecule has 0 heterocycles. The Morgan fingerprint density at radius 1 is 1.30 bits per heavy atom. The molecule has 0 bridgehead atoms. The van der Waals surface area contributed by atoms with Gasteiger partial charge < -0.3 is 4.74 Å². The Labute approximate surface area is 122 Å². The number of halogens is 2. The van der Waals surface area contributed by atoms with Crippen LogP contribution in [0.3, 0.4) is 0 Å². The zero-order chi connectivity index (χ0) is 15.2. The molecule has 20 heavy (non-hydrogen) atoms. The lowest BCUT2D eigenvalue weighted by Gasteiger charge is -2.06. The molecule has 0 saturated carbocycles. The fourth-order valence-electron chi connectivity index (χ4n) is 1.59. The number of carbonyl (C=O) groups excluding carboxylic acids is 1. The van der Waals surface area contributed by atoms with Crippen LogP contribution in [0, 0.1) is 5.82 Å². The van der Waals surface area contributed by atoms with E-state index in [0.717, 1.165) is 43.9 Å². The smallest absolute Gasteiger partial charge is 0.338 e. The Morgan fingerprint density at radius 2 is 2.00 bits per heavy atom. The van der Waals surface area contributed by atoms with E-state index in [1.165, 1.54) is 0 Å². The highest BCUT2D eigenvalue weighted by Gasteiger charge is 2.19. The van der Waals surface area contributed by atoms with Gasteiger partial charge in [0, 0.05) is 10.7 Å². The summed E-state index contributed by atoms with van der Waals surface area (Å²) in [5.74, 6) is -1.69. The molecular formula is C13H16ClFO4S. The molecule has 0 N–H and O–H groups in total. The van der Waals surface area contributed by atoms with Crippen LogP contribution in [0.4, 0.5) is 4.39 Å². The molecule has 0 aliphatic heterocycles. The van der Waals surface area contributed by atoms with Crippen molar-refractivity contribution in [2.45, 2.75) is 37.5 Å². The maximum atomic E-state index is 13.3. The molecule has 0 aliphatic carbocycles. The van der Waals surface area contributed by atoms with Gasteiger partial charge in [-0.15, -0.1) is 0 Å². The average molecular weight is 323 g/mol. The van der Waals surface area contributed by atoms with Gasteiger partial charge in [-0.05, 0) is 24.6 Å². The van der Waals surface area contributed by atoms with Crippen molar-refractivity contribution in [3.05, 3.63) is 29.6 Å². The Morgan fingerprint density at radius 3 is 2.60 bits per heavy atom. The fraction of sp³-hybridized carbons (Fsp3) is 0.462. The first-order valence-corrected chi connectivity index (χ1v) is 8.58. The molecule has 0 unspecified atom stereocenters. The number of hydrogen-bond acceptors (Lipinski definition) is 4. The molecular weight excluding hydrogens is 307 g/mol. The van der Waals surface area contributed by atoms with Gasteiger partial charge in [0.25, 0.3) is 9.05 Å². The van der Waals surface area contributed by atoms with Crippen LogP contribution in [-0.2, 0) is 13.8 Å². The minimum Gasteiger partial charge on any atom is -0.462 e. The van der Waals surface area contributed by atoms with E-state index in [2.05, 4.69) is 6.92 Å². The van der Waals surface area contributed by atoms with Gasteiger partial charge in [0.1, 0.15) is 10.7 Å². The predicted molar refractivity (Wildman–Crippen MR) is 73.9 cm³/mol. The van der Waals surface area contributed by atoms with Crippen LogP contribution in [-0.4, -0.2) is 21.0 Å². The van der Waals surface area contributed by atoms with Crippen LogP contribution in [0.2, 0.25) is 0 Å². The van der Waals surface area contributed by atoms with Crippen molar-refractivity contribution >= 4 is 25.7 Å². The fourth-order valence-corrected chi connectivity index (χ4v) is 2.52. The monoisotopic (exact) mass is 322 g/mol. The highest BCUT2D eigenvalue weighted by molar-refractivity contribution is 8.13. The molecule has 0 fully saturated rings. The van der Waals surface area contributed by atoms with Gasteiger partial charge in [-0.3, -0.25) is 0 Å². The second-order valence-corrected chi connectivity index (χ2v) is 6.81. The molecule has 1 aromatic rings. The summed E-state index contributed by atoms with van der Waals surface area (Å²) in [6.07, 6.45) is 3.82. The van der Waals surface area contributed by atoms with Crippen molar-refractivity contribution < 1.29 is 22.3 Å². The average Bonchev–Trinajstić information content (AvgIpc) is 2.37. The summed E-state index contributed by atoms with van der Waals surface area (Å²) in [5.41, 5.74) is -0.0406. The number of rotatable bonds is 7.